The zero-order valence-corrected chi connectivity index (χ0v) is 15.5. The summed E-state index contributed by atoms with van der Waals surface area (Å²) >= 11 is 0. The molecule has 0 fully saturated rings. The number of carbonyl (C=O) groups is 3. The van der Waals surface area contributed by atoms with Crippen LogP contribution in [0.4, 0.5) is 0 Å². The molecule has 0 amide bonds. The number of unbranched alkanes of at least 4 members (excludes halogenated alkanes) is 8. The molecule has 9 heteroatoms. The summed E-state index contributed by atoms with van der Waals surface area (Å²) in [7, 11) is -4.89. The zero-order valence-electron chi connectivity index (χ0n) is 14.7. The van der Waals surface area contributed by atoms with Crippen LogP contribution in [0.15, 0.2) is 0 Å². The topological polar surface area (TPSA) is 124 Å². The average molecular weight is 380 g/mol. The van der Waals surface area contributed by atoms with Crippen LogP contribution in [0, 0.1) is 0 Å². The van der Waals surface area contributed by atoms with E-state index in [9.17, 15) is 22.8 Å². The van der Waals surface area contributed by atoms with Crippen LogP contribution in [0.1, 0.15) is 84.0 Å². The number of hydrogen-bond donors (Lipinski definition) is 1. The van der Waals surface area contributed by atoms with Crippen molar-refractivity contribution in [2.75, 3.05) is 0 Å². The van der Waals surface area contributed by atoms with Gasteiger partial charge < -0.3 is 8.92 Å². The van der Waals surface area contributed by atoms with E-state index in [1.807, 2.05) is 0 Å². The molecule has 0 aliphatic heterocycles. The predicted octanol–water partition coefficient (Wildman–Crippen LogP) is 3.10. The van der Waals surface area contributed by atoms with E-state index in [1.54, 1.807) is 0 Å². The highest BCUT2D eigenvalue weighted by atomic mass is 32.3. The Morgan fingerprint density at radius 2 is 1.16 bits per heavy atom. The molecule has 8 nitrogen and oxygen atoms in total. The summed E-state index contributed by atoms with van der Waals surface area (Å²) in [5, 5.41) is 0. The van der Waals surface area contributed by atoms with Crippen molar-refractivity contribution in [3.8, 4) is 0 Å². The van der Waals surface area contributed by atoms with Crippen LogP contribution in [-0.2, 0) is 33.7 Å². The van der Waals surface area contributed by atoms with Crippen LogP contribution >= 0.6 is 0 Å². The van der Waals surface area contributed by atoms with Gasteiger partial charge in [-0.25, -0.2) is 0 Å². The summed E-state index contributed by atoms with van der Waals surface area (Å²) in [5.74, 6) is -2.91. The second-order valence-corrected chi connectivity index (χ2v) is 6.83. The monoisotopic (exact) mass is 380 g/mol. The minimum atomic E-state index is -4.89. The zero-order chi connectivity index (χ0) is 19.1. The Morgan fingerprint density at radius 1 is 0.720 bits per heavy atom. The highest BCUT2D eigenvalue weighted by molar-refractivity contribution is 7.81. The fourth-order valence-corrected chi connectivity index (χ4v) is 2.49. The van der Waals surface area contributed by atoms with E-state index in [0.29, 0.717) is 6.42 Å². The van der Waals surface area contributed by atoms with Gasteiger partial charge >= 0.3 is 28.3 Å². The molecule has 146 valence electrons. The highest BCUT2D eigenvalue weighted by Gasteiger charge is 2.17. The van der Waals surface area contributed by atoms with E-state index in [4.69, 9.17) is 4.55 Å². The Balaban J connectivity index is 3.62. The molecule has 0 atom stereocenters. The van der Waals surface area contributed by atoms with Crippen molar-refractivity contribution >= 4 is 28.3 Å². The minimum Gasteiger partial charge on any atom is -0.393 e. The molecule has 0 unspecified atom stereocenters. The van der Waals surface area contributed by atoms with Gasteiger partial charge in [-0.3, -0.25) is 18.9 Å². The van der Waals surface area contributed by atoms with Gasteiger partial charge in [0.05, 0.1) is 12.8 Å². The highest BCUT2D eigenvalue weighted by Crippen LogP contribution is 2.11. The van der Waals surface area contributed by atoms with Crippen LogP contribution in [0.25, 0.3) is 0 Å². The molecule has 0 aliphatic rings. The van der Waals surface area contributed by atoms with E-state index in [2.05, 4.69) is 15.8 Å². The first-order valence-electron chi connectivity index (χ1n) is 8.68. The maximum absolute atomic E-state index is 11.4. The summed E-state index contributed by atoms with van der Waals surface area (Å²) in [6, 6.07) is 0. The van der Waals surface area contributed by atoms with Crippen molar-refractivity contribution in [1.82, 2.24) is 0 Å². The van der Waals surface area contributed by atoms with Gasteiger partial charge in [-0.2, -0.15) is 8.42 Å². The van der Waals surface area contributed by atoms with Crippen LogP contribution in [-0.4, -0.2) is 30.9 Å². The molecule has 0 aromatic carbocycles. The first-order chi connectivity index (χ1) is 11.7. The lowest BCUT2D eigenvalue weighted by atomic mass is 10.1. The molecule has 0 radical (unpaired) electrons. The molecular formula is C16H28O8S. The SMILES string of the molecule is CCCCCCCCCCCC(=O)OC(=O)CCC(=O)OS(=O)(=O)O. The molecule has 0 heterocycles. The van der Waals surface area contributed by atoms with Crippen LogP contribution in [0.5, 0.6) is 0 Å². The Kier molecular flexibility index (Phi) is 13.0. The van der Waals surface area contributed by atoms with Gasteiger partial charge in [-0.1, -0.05) is 58.3 Å². The third-order valence-corrected chi connectivity index (χ3v) is 3.84. The lowest BCUT2D eigenvalue weighted by Gasteiger charge is -2.04. The lowest BCUT2D eigenvalue weighted by molar-refractivity contribution is -0.160. The van der Waals surface area contributed by atoms with Crippen LogP contribution in [0.2, 0.25) is 0 Å². The number of hydrogen-bond acceptors (Lipinski definition) is 7. The second-order valence-electron chi connectivity index (χ2n) is 5.81. The molecule has 0 saturated carbocycles. The van der Waals surface area contributed by atoms with Crippen molar-refractivity contribution in [3.05, 3.63) is 0 Å². The van der Waals surface area contributed by atoms with Gasteiger partial charge in [-0.05, 0) is 6.42 Å². The van der Waals surface area contributed by atoms with E-state index < -0.39 is 41.1 Å². The smallest absolute Gasteiger partial charge is 0.393 e. The van der Waals surface area contributed by atoms with E-state index in [-0.39, 0.29) is 6.42 Å². The molecule has 1 N–H and O–H groups in total. The van der Waals surface area contributed by atoms with Gasteiger partial charge in [-0.15, -0.1) is 0 Å². The Bertz CT molecular complexity index is 512. The Hall–Kier alpha value is -1.48. The summed E-state index contributed by atoms with van der Waals surface area (Å²) in [6.07, 6.45) is 8.90. The standard InChI is InChI=1S/C16H28O8S/c1-2-3-4-5-6-7-8-9-10-11-14(17)23-15(18)12-13-16(19)24-25(20,21)22/h2-13H2,1H3,(H,20,21,22). The number of rotatable bonds is 14. The van der Waals surface area contributed by atoms with Crippen molar-refractivity contribution in [2.24, 2.45) is 0 Å². The van der Waals surface area contributed by atoms with Gasteiger partial charge in [0.25, 0.3) is 0 Å². The number of carbonyl (C=O) groups excluding carboxylic acids is 3. The molecule has 25 heavy (non-hydrogen) atoms. The predicted molar refractivity (Wildman–Crippen MR) is 89.8 cm³/mol. The molecule has 0 bridgehead atoms. The van der Waals surface area contributed by atoms with Gasteiger partial charge in [0.2, 0.25) is 0 Å². The summed E-state index contributed by atoms with van der Waals surface area (Å²) in [4.78, 5) is 33.7. The number of esters is 2. The average Bonchev–Trinajstić information content (AvgIpc) is 2.49. The van der Waals surface area contributed by atoms with E-state index in [0.717, 1.165) is 19.3 Å². The van der Waals surface area contributed by atoms with Crippen LogP contribution < -0.4 is 0 Å². The quantitative estimate of drug-likeness (QED) is 0.211. The molecule has 0 saturated heterocycles. The van der Waals surface area contributed by atoms with Gasteiger partial charge in [0, 0.05) is 6.42 Å². The summed E-state index contributed by atoms with van der Waals surface area (Å²) < 4.78 is 36.9. The lowest BCUT2D eigenvalue weighted by Crippen LogP contribution is -2.16. The molecule has 0 aliphatic carbocycles. The summed E-state index contributed by atoms with van der Waals surface area (Å²) in [6.45, 7) is 2.18. The minimum absolute atomic E-state index is 0.122. The fourth-order valence-electron chi connectivity index (χ4n) is 2.17. The van der Waals surface area contributed by atoms with Gasteiger partial charge in [0.15, 0.2) is 0 Å². The third-order valence-electron chi connectivity index (χ3n) is 3.44. The van der Waals surface area contributed by atoms with Crippen molar-refractivity contribution in [2.45, 2.75) is 84.0 Å². The maximum Gasteiger partial charge on any atom is 0.448 e. The van der Waals surface area contributed by atoms with E-state index >= 15 is 0 Å². The third kappa shape index (κ3) is 17.1. The van der Waals surface area contributed by atoms with Crippen LogP contribution in [0.3, 0.4) is 0 Å². The summed E-state index contributed by atoms with van der Waals surface area (Å²) in [5.41, 5.74) is 0. The number of ether oxygens (including phenoxy) is 1. The molecule has 0 aromatic heterocycles. The van der Waals surface area contributed by atoms with Crippen molar-refractivity contribution in [3.63, 3.8) is 0 Å². The Labute approximate surface area is 149 Å². The molecular weight excluding hydrogens is 352 g/mol. The van der Waals surface area contributed by atoms with E-state index in [1.165, 1.54) is 32.1 Å². The first kappa shape index (κ1) is 23.5. The largest absolute Gasteiger partial charge is 0.448 e. The first-order valence-corrected chi connectivity index (χ1v) is 10.0. The van der Waals surface area contributed by atoms with Gasteiger partial charge in [0.1, 0.15) is 0 Å². The molecule has 0 aromatic rings. The maximum atomic E-state index is 11.4. The normalized spacial score (nSPS) is 11.1. The second kappa shape index (κ2) is 13.8. The van der Waals surface area contributed by atoms with Crippen molar-refractivity contribution < 1.29 is 36.3 Å². The fraction of sp³-hybridized carbons (Fsp3) is 0.812. The Morgan fingerprint density at radius 3 is 1.68 bits per heavy atom. The molecule has 0 rings (SSSR count). The van der Waals surface area contributed by atoms with Crippen molar-refractivity contribution in [1.29, 1.82) is 0 Å². The molecule has 0 spiro atoms.